The van der Waals surface area contributed by atoms with Crippen LogP contribution in [0, 0.1) is 0 Å². The molecule has 4 aromatic carbocycles. The smallest absolute Gasteiger partial charge is 0.129 e. The van der Waals surface area contributed by atoms with Gasteiger partial charge in [0, 0.05) is 42.8 Å². The van der Waals surface area contributed by atoms with Crippen LogP contribution in [-0.4, -0.2) is 23.6 Å². The Balaban J connectivity index is 1.40. The van der Waals surface area contributed by atoms with Crippen LogP contribution in [0.15, 0.2) is 134 Å². The number of ether oxygens (including phenoxy) is 1. The highest BCUT2D eigenvalue weighted by molar-refractivity contribution is 5.69. The lowest BCUT2D eigenvalue weighted by molar-refractivity contribution is 0.478. The number of hydrogen-bond acceptors (Lipinski definition) is 4. The summed E-state index contributed by atoms with van der Waals surface area (Å²) in [5.41, 5.74) is 7.61. The van der Waals surface area contributed by atoms with Crippen LogP contribution in [0.3, 0.4) is 0 Å². The summed E-state index contributed by atoms with van der Waals surface area (Å²) in [5.74, 6) is 1.60. The molecule has 41 heavy (non-hydrogen) atoms. The molecule has 4 heteroatoms. The Hall–Kier alpha value is -4.83. The topological polar surface area (TPSA) is 28.6 Å². The Morgan fingerprint density at radius 1 is 0.659 bits per heavy atom. The van der Waals surface area contributed by atoms with Gasteiger partial charge in [0.1, 0.15) is 11.5 Å². The number of anilines is 1. The molecule has 202 valence electrons. The van der Waals surface area contributed by atoms with Crippen LogP contribution in [0.4, 0.5) is 5.69 Å². The average Bonchev–Trinajstić information content (AvgIpc) is 3.45. The molecule has 5 aromatic rings. The molecule has 0 atom stereocenters. The van der Waals surface area contributed by atoms with Crippen molar-refractivity contribution in [3.63, 3.8) is 0 Å². The minimum Gasteiger partial charge on any atom is -0.457 e. The van der Waals surface area contributed by atoms with Gasteiger partial charge in [-0.2, -0.15) is 0 Å². The molecule has 0 bridgehead atoms. The van der Waals surface area contributed by atoms with E-state index in [9.17, 15) is 0 Å². The van der Waals surface area contributed by atoms with E-state index in [-0.39, 0.29) is 5.41 Å². The summed E-state index contributed by atoms with van der Waals surface area (Å²) >= 11 is 0. The molecule has 0 radical (unpaired) electrons. The van der Waals surface area contributed by atoms with Gasteiger partial charge >= 0.3 is 0 Å². The van der Waals surface area contributed by atoms with Gasteiger partial charge < -0.3 is 14.5 Å². The Morgan fingerprint density at radius 2 is 1.29 bits per heavy atom. The minimum atomic E-state index is -0.601. The number of rotatable bonds is 5. The monoisotopic (exact) mass is 535 g/mol. The quantitative estimate of drug-likeness (QED) is 0.227. The molecule has 1 aliphatic carbocycles. The highest BCUT2D eigenvalue weighted by Crippen LogP contribution is 2.55. The standard InChI is InChI=1S/C37H33N3O/c1-36(2)31-16-4-6-18-33(31)37(35-20-8-9-21-38-35,34-19-7-5-17-32(34)36)27-12-10-14-29(24-27)41-30-15-11-13-28(25-30)40-23-22-39(3)26-40/h4-25H,26H2,1-3H3. The van der Waals surface area contributed by atoms with E-state index in [1.54, 1.807) is 0 Å². The molecular formula is C37H33N3O. The largest absolute Gasteiger partial charge is 0.457 e. The highest BCUT2D eigenvalue weighted by atomic mass is 16.5. The van der Waals surface area contributed by atoms with E-state index in [0.29, 0.717) is 0 Å². The van der Waals surface area contributed by atoms with Crippen molar-refractivity contribution in [2.75, 3.05) is 18.6 Å². The van der Waals surface area contributed by atoms with E-state index < -0.39 is 5.41 Å². The van der Waals surface area contributed by atoms with Gasteiger partial charge in [0.25, 0.3) is 0 Å². The van der Waals surface area contributed by atoms with Crippen LogP contribution in [0.2, 0.25) is 0 Å². The summed E-state index contributed by atoms with van der Waals surface area (Å²) in [7, 11) is 2.07. The van der Waals surface area contributed by atoms with Gasteiger partial charge in [-0.1, -0.05) is 86.6 Å². The van der Waals surface area contributed by atoms with Crippen molar-refractivity contribution in [1.29, 1.82) is 0 Å². The van der Waals surface area contributed by atoms with Crippen molar-refractivity contribution in [2.45, 2.75) is 24.7 Å². The minimum absolute atomic E-state index is 0.155. The first kappa shape index (κ1) is 25.2. The second-order valence-electron chi connectivity index (χ2n) is 11.5. The lowest BCUT2D eigenvalue weighted by Crippen LogP contribution is -2.42. The fraction of sp³-hybridized carbons (Fsp3) is 0.162. The van der Waals surface area contributed by atoms with Gasteiger partial charge in [-0.15, -0.1) is 0 Å². The van der Waals surface area contributed by atoms with Crippen molar-refractivity contribution in [3.8, 4) is 11.5 Å². The van der Waals surface area contributed by atoms with Gasteiger partial charge in [0.05, 0.1) is 17.8 Å². The van der Waals surface area contributed by atoms with Crippen molar-refractivity contribution in [3.05, 3.63) is 167 Å². The van der Waals surface area contributed by atoms with Crippen molar-refractivity contribution in [1.82, 2.24) is 9.88 Å². The maximum absolute atomic E-state index is 6.55. The zero-order valence-corrected chi connectivity index (χ0v) is 23.7. The van der Waals surface area contributed by atoms with E-state index >= 15 is 0 Å². The second-order valence-corrected chi connectivity index (χ2v) is 11.5. The lowest BCUT2D eigenvalue weighted by Gasteiger charge is -2.47. The molecule has 7 rings (SSSR count). The van der Waals surface area contributed by atoms with Crippen LogP contribution < -0.4 is 9.64 Å². The third-order valence-electron chi connectivity index (χ3n) is 8.59. The maximum atomic E-state index is 6.55. The number of pyridine rings is 1. The second kappa shape index (κ2) is 9.67. The SMILES string of the molecule is CN1C=CN(c2cccc(Oc3cccc(C4(c5ccccn5)c5ccccc5C(C)(C)c5ccccc54)c3)c2)C1. The van der Waals surface area contributed by atoms with Crippen LogP contribution in [0.5, 0.6) is 11.5 Å². The predicted octanol–water partition coefficient (Wildman–Crippen LogP) is 8.08. The van der Waals surface area contributed by atoms with Gasteiger partial charge in [-0.05, 0) is 64.2 Å². The molecule has 1 aromatic heterocycles. The predicted molar refractivity (Wildman–Crippen MR) is 165 cm³/mol. The fourth-order valence-electron chi connectivity index (χ4n) is 6.67. The summed E-state index contributed by atoms with van der Waals surface area (Å²) in [6, 6.07) is 40.8. The van der Waals surface area contributed by atoms with Crippen molar-refractivity contribution in [2.24, 2.45) is 0 Å². The number of hydrogen-bond donors (Lipinski definition) is 0. The molecule has 0 fully saturated rings. The molecule has 4 nitrogen and oxygen atoms in total. The Labute approximate surface area is 242 Å². The summed E-state index contributed by atoms with van der Waals surface area (Å²) in [6.45, 7) is 5.47. The first-order valence-electron chi connectivity index (χ1n) is 14.1. The Kier molecular flexibility index (Phi) is 5.93. The molecule has 1 aliphatic heterocycles. The maximum Gasteiger partial charge on any atom is 0.129 e. The lowest BCUT2D eigenvalue weighted by atomic mass is 9.55. The van der Waals surface area contributed by atoms with Crippen LogP contribution in [0.25, 0.3) is 0 Å². The van der Waals surface area contributed by atoms with Gasteiger partial charge in [-0.3, -0.25) is 4.98 Å². The molecular weight excluding hydrogens is 502 g/mol. The van der Waals surface area contributed by atoms with E-state index in [0.717, 1.165) is 35.1 Å². The zero-order valence-electron chi connectivity index (χ0n) is 23.7. The number of benzene rings is 4. The van der Waals surface area contributed by atoms with Crippen LogP contribution >= 0.6 is 0 Å². The molecule has 2 heterocycles. The molecule has 0 spiro atoms. The van der Waals surface area contributed by atoms with Gasteiger partial charge in [0.2, 0.25) is 0 Å². The first-order valence-corrected chi connectivity index (χ1v) is 14.1. The van der Waals surface area contributed by atoms with Crippen LogP contribution in [-0.2, 0) is 10.8 Å². The third-order valence-corrected chi connectivity index (χ3v) is 8.59. The fourth-order valence-corrected chi connectivity index (χ4v) is 6.67. The summed E-state index contributed by atoms with van der Waals surface area (Å²) in [5, 5.41) is 0. The summed E-state index contributed by atoms with van der Waals surface area (Å²) < 4.78 is 6.55. The number of aromatic nitrogens is 1. The summed E-state index contributed by atoms with van der Waals surface area (Å²) in [4.78, 5) is 9.37. The number of nitrogens with zero attached hydrogens (tertiary/aromatic N) is 3. The molecule has 0 unspecified atom stereocenters. The number of fused-ring (bicyclic) bond motifs is 2. The Morgan fingerprint density at radius 3 is 1.93 bits per heavy atom. The van der Waals surface area contributed by atoms with E-state index in [1.165, 1.54) is 22.3 Å². The van der Waals surface area contributed by atoms with Crippen molar-refractivity contribution < 1.29 is 4.74 Å². The van der Waals surface area contributed by atoms with E-state index in [2.05, 4.69) is 134 Å². The van der Waals surface area contributed by atoms with Crippen molar-refractivity contribution >= 4 is 5.69 Å². The zero-order chi connectivity index (χ0) is 28.0. The summed E-state index contributed by atoms with van der Waals surface area (Å²) in [6.07, 6.45) is 6.07. The van der Waals surface area contributed by atoms with Crippen LogP contribution in [0.1, 0.15) is 47.4 Å². The normalized spacial score (nSPS) is 16.3. The van der Waals surface area contributed by atoms with E-state index in [4.69, 9.17) is 9.72 Å². The molecule has 0 saturated carbocycles. The average molecular weight is 536 g/mol. The van der Waals surface area contributed by atoms with Gasteiger partial charge in [0.15, 0.2) is 0 Å². The molecule has 0 amide bonds. The molecule has 0 N–H and O–H groups in total. The Bertz CT molecular complexity index is 1710. The first-order chi connectivity index (χ1) is 20.0. The highest BCUT2D eigenvalue weighted by Gasteiger charge is 2.49. The van der Waals surface area contributed by atoms with Gasteiger partial charge in [-0.25, -0.2) is 0 Å². The molecule has 2 aliphatic rings. The third kappa shape index (κ3) is 4.02. The van der Waals surface area contributed by atoms with E-state index in [1.807, 2.05) is 30.5 Å². The molecule has 0 saturated heterocycles.